The maximum atomic E-state index is 12.4. The number of pyridine rings is 1. The quantitative estimate of drug-likeness (QED) is 0.612. The molecule has 0 fully saturated rings. The number of carbonyl (C=O) groups is 1. The van der Waals surface area contributed by atoms with Gasteiger partial charge in [-0.25, -0.2) is 9.97 Å². The van der Waals surface area contributed by atoms with Gasteiger partial charge in [-0.05, 0) is 36.4 Å². The predicted octanol–water partition coefficient (Wildman–Crippen LogP) is 4.11. The number of hydrogen-bond donors (Lipinski definition) is 1. The summed E-state index contributed by atoms with van der Waals surface area (Å²) in [5.74, 6) is 0.489. The number of rotatable bonds is 3. The molecule has 0 aliphatic rings. The van der Waals surface area contributed by atoms with Gasteiger partial charge in [0, 0.05) is 5.39 Å². The molecule has 1 N–H and O–H groups in total. The number of ether oxygens (including phenoxy) is 1. The summed E-state index contributed by atoms with van der Waals surface area (Å²) in [4.78, 5) is 21.2. The minimum atomic E-state index is -0.272. The number of carbonyl (C=O) groups excluding carboxylic acids is 1. The van der Waals surface area contributed by atoms with E-state index >= 15 is 0 Å². The molecule has 118 valence electrons. The molecule has 4 aromatic rings. The van der Waals surface area contributed by atoms with E-state index in [-0.39, 0.29) is 5.91 Å². The minimum absolute atomic E-state index is 0.272. The van der Waals surface area contributed by atoms with Crippen molar-refractivity contribution in [3.63, 3.8) is 0 Å². The van der Waals surface area contributed by atoms with E-state index in [1.807, 2.05) is 48.5 Å². The van der Waals surface area contributed by atoms with Crippen LogP contribution in [0.15, 0.2) is 54.6 Å². The van der Waals surface area contributed by atoms with E-state index in [2.05, 4.69) is 15.3 Å². The Morgan fingerprint density at radius 3 is 2.75 bits per heavy atom. The van der Waals surface area contributed by atoms with Crippen LogP contribution < -0.4 is 10.1 Å². The zero-order valence-corrected chi connectivity index (χ0v) is 13.6. The molecule has 6 heteroatoms. The van der Waals surface area contributed by atoms with Crippen LogP contribution in [0.1, 0.15) is 10.5 Å². The third kappa shape index (κ3) is 2.68. The summed E-state index contributed by atoms with van der Waals surface area (Å²) in [5, 5.41) is 4.31. The van der Waals surface area contributed by atoms with E-state index in [4.69, 9.17) is 4.74 Å². The van der Waals surface area contributed by atoms with Crippen LogP contribution in [0.2, 0.25) is 0 Å². The van der Waals surface area contributed by atoms with E-state index in [1.54, 1.807) is 13.2 Å². The second-order valence-corrected chi connectivity index (χ2v) is 6.23. The van der Waals surface area contributed by atoms with Crippen molar-refractivity contribution in [3.8, 4) is 5.75 Å². The number of nitrogens with zero attached hydrogens (tertiary/aromatic N) is 2. The fourth-order valence-corrected chi connectivity index (χ4v) is 3.30. The molecule has 0 aliphatic heterocycles. The Morgan fingerprint density at radius 2 is 1.92 bits per heavy atom. The highest BCUT2D eigenvalue weighted by Crippen LogP contribution is 2.26. The summed E-state index contributed by atoms with van der Waals surface area (Å²) in [6.45, 7) is 0. The molecule has 0 aliphatic carbocycles. The SMILES string of the molecule is COc1ccc2nc(C(=O)Nc3nc4ccccc4s3)ccc2c1. The van der Waals surface area contributed by atoms with Crippen LogP contribution in [-0.4, -0.2) is 23.0 Å². The first-order valence-electron chi connectivity index (χ1n) is 7.35. The maximum Gasteiger partial charge on any atom is 0.276 e. The first kappa shape index (κ1) is 14.6. The molecular weight excluding hydrogens is 322 g/mol. The molecule has 0 saturated heterocycles. The Balaban J connectivity index is 1.62. The van der Waals surface area contributed by atoms with E-state index < -0.39 is 0 Å². The van der Waals surface area contributed by atoms with Crippen LogP contribution >= 0.6 is 11.3 Å². The largest absolute Gasteiger partial charge is 0.497 e. The third-order valence-electron chi connectivity index (χ3n) is 3.64. The number of benzene rings is 2. The predicted molar refractivity (Wildman–Crippen MR) is 95.9 cm³/mol. The van der Waals surface area contributed by atoms with Crippen LogP contribution in [0.3, 0.4) is 0 Å². The van der Waals surface area contributed by atoms with Crippen LogP contribution in [0, 0.1) is 0 Å². The first-order valence-corrected chi connectivity index (χ1v) is 8.16. The van der Waals surface area contributed by atoms with E-state index in [0.29, 0.717) is 10.8 Å². The lowest BCUT2D eigenvalue weighted by atomic mass is 10.2. The molecule has 2 heterocycles. The molecule has 0 bridgehead atoms. The highest BCUT2D eigenvalue weighted by molar-refractivity contribution is 7.22. The summed E-state index contributed by atoms with van der Waals surface area (Å²) in [5.41, 5.74) is 1.97. The highest BCUT2D eigenvalue weighted by Gasteiger charge is 2.12. The summed E-state index contributed by atoms with van der Waals surface area (Å²) < 4.78 is 6.23. The van der Waals surface area contributed by atoms with E-state index in [1.165, 1.54) is 11.3 Å². The molecule has 2 aromatic heterocycles. The lowest BCUT2D eigenvalue weighted by molar-refractivity contribution is 0.102. The zero-order chi connectivity index (χ0) is 16.5. The summed E-state index contributed by atoms with van der Waals surface area (Å²) >= 11 is 1.44. The van der Waals surface area contributed by atoms with Crippen molar-refractivity contribution in [1.82, 2.24) is 9.97 Å². The van der Waals surface area contributed by atoms with Crippen molar-refractivity contribution in [3.05, 3.63) is 60.3 Å². The number of para-hydroxylation sites is 1. The Kier molecular flexibility index (Phi) is 3.59. The molecule has 0 atom stereocenters. The van der Waals surface area contributed by atoms with Crippen molar-refractivity contribution in [1.29, 1.82) is 0 Å². The average Bonchev–Trinajstić information content (AvgIpc) is 3.03. The van der Waals surface area contributed by atoms with Crippen molar-refractivity contribution in [2.75, 3.05) is 12.4 Å². The second kappa shape index (κ2) is 5.90. The van der Waals surface area contributed by atoms with Gasteiger partial charge in [-0.1, -0.05) is 29.5 Å². The van der Waals surface area contributed by atoms with Gasteiger partial charge in [0.1, 0.15) is 11.4 Å². The van der Waals surface area contributed by atoms with Gasteiger partial charge in [-0.3, -0.25) is 10.1 Å². The third-order valence-corrected chi connectivity index (χ3v) is 4.60. The van der Waals surface area contributed by atoms with Crippen molar-refractivity contribution >= 4 is 43.5 Å². The topological polar surface area (TPSA) is 64.1 Å². The zero-order valence-electron chi connectivity index (χ0n) is 12.8. The van der Waals surface area contributed by atoms with Crippen molar-refractivity contribution in [2.24, 2.45) is 0 Å². The van der Waals surface area contributed by atoms with Crippen LogP contribution in [0.25, 0.3) is 21.1 Å². The summed E-state index contributed by atoms with van der Waals surface area (Å²) in [7, 11) is 1.62. The Labute approximate surface area is 141 Å². The van der Waals surface area contributed by atoms with Gasteiger partial charge >= 0.3 is 0 Å². The van der Waals surface area contributed by atoms with Crippen LogP contribution in [0.5, 0.6) is 5.75 Å². The fraction of sp³-hybridized carbons (Fsp3) is 0.0556. The van der Waals surface area contributed by atoms with Gasteiger partial charge in [0.2, 0.25) is 0 Å². The lowest BCUT2D eigenvalue weighted by Gasteiger charge is -2.04. The molecule has 4 rings (SSSR count). The monoisotopic (exact) mass is 335 g/mol. The molecule has 1 amide bonds. The molecule has 5 nitrogen and oxygen atoms in total. The number of amides is 1. The molecule has 2 aromatic carbocycles. The summed E-state index contributed by atoms with van der Waals surface area (Å²) in [6.07, 6.45) is 0. The average molecular weight is 335 g/mol. The first-order chi connectivity index (χ1) is 11.7. The Bertz CT molecular complexity index is 1030. The van der Waals surface area contributed by atoms with Gasteiger partial charge in [0.25, 0.3) is 5.91 Å². The number of methoxy groups -OCH3 is 1. The summed E-state index contributed by atoms with van der Waals surface area (Å²) in [6, 6.07) is 16.9. The lowest BCUT2D eigenvalue weighted by Crippen LogP contribution is -2.13. The van der Waals surface area contributed by atoms with Gasteiger partial charge in [0.05, 0.1) is 22.8 Å². The molecule has 0 spiro atoms. The van der Waals surface area contributed by atoms with Gasteiger partial charge in [-0.15, -0.1) is 0 Å². The van der Waals surface area contributed by atoms with E-state index in [9.17, 15) is 4.79 Å². The van der Waals surface area contributed by atoms with E-state index in [0.717, 1.165) is 26.9 Å². The smallest absolute Gasteiger partial charge is 0.276 e. The fourth-order valence-electron chi connectivity index (χ4n) is 2.44. The van der Waals surface area contributed by atoms with Gasteiger partial charge in [-0.2, -0.15) is 0 Å². The number of anilines is 1. The molecule has 0 radical (unpaired) electrons. The standard InChI is InChI=1S/C18H13N3O2S/c1-23-12-7-9-13-11(10-12)6-8-15(19-13)17(22)21-18-20-14-4-2-3-5-16(14)24-18/h2-10H,1H3,(H,20,21,22). The van der Waals surface area contributed by atoms with Crippen molar-refractivity contribution < 1.29 is 9.53 Å². The van der Waals surface area contributed by atoms with Crippen LogP contribution in [0.4, 0.5) is 5.13 Å². The van der Waals surface area contributed by atoms with Gasteiger partial charge < -0.3 is 4.74 Å². The molecule has 0 saturated carbocycles. The molecular formula is C18H13N3O2S. The number of thiazole rings is 1. The molecule has 0 unspecified atom stereocenters. The second-order valence-electron chi connectivity index (χ2n) is 5.20. The van der Waals surface area contributed by atoms with Crippen LogP contribution in [-0.2, 0) is 0 Å². The highest BCUT2D eigenvalue weighted by atomic mass is 32.1. The normalized spacial score (nSPS) is 10.9. The molecule has 24 heavy (non-hydrogen) atoms. The maximum absolute atomic E-state index is 12.4. The number of fused-ring (bicyclic) bond motifs is 2. The Morgan fingerprint density at radius 1 is 1.04 bits per heavy atom. The van der Waals surface area contributed by atoms with Crippen molar-refractivity contribution in [2.45, 2.75) is 0 Å². The minimum Gasteiger partial charge on any atom is -0.497 e. The number of nitrogens with one attached hydrogen (secondary N) is 1. The number of hydrogen-bond acceptors (Lipinski definition) is 5. The Hall–Kier alpha value is -2.99. The number of aromatic nitrogens is 2. The van der Waals surface area contributed by atoms with Gasteiger partial charge in [0.15, 0.2) is 5.13 Å².